The molecule has 1 heteroatoms. The van der Waals surface area contributed by atoms with Crippen LogP contribution in [0.2, 0.25) is 0 Å². The fraction of sp³-hybridized carbons (Fsp3) is 1.00. The van der Waals surface area contributed by atoms with Crippen molar-refractivity contribution >= 4 is 0 Å². The zero-order chi connectivity index (χ0) is 4.48. The topological polar surface area (TPSA) is 3.24 Å². The van der Waals surface area contributed by atoms with E-state index in [1.165, 1.54) is 25.4 Å². The SMILES string of the molecule is C1CC23CC2CN13. The Morgan fingerprint density at radius 3 is 2.57 bits per heavy atom. The molecular weight excluding hydrogens is 86.1 g/mol. The molecule has 0 radical (unpaired) electrons. The minimum absolute atomic E-state index is 0.861. The monoisotopic (exact) mass is 95.1 g/mol. The van der Waals surface area contributed by atoms with Crippen LogP contribution in [0.3, 0.4) is 0 Å². The molecule has 0 aromatic carbocycles. The normalized spacial score (nSPS) is 64.3. The highest BCUT2D eigenvalue weighted by Gasteiger charge is 2.70. The first-order chi connectivity index (χ1) is 3.42. The molecular formula is C6H9N. The second-order valence-corrected chi connectivity index (χ2v) is 3.20. The van der Waals surface area contributed by atoms with Crippen LogP contribution in [-0.2, 0) is 0 Å². The van der Waals surface area contributed by atoms with Crippen LogP contribution >= 0.6 is 0 Å². The standard InChI is InChI=1S/C6H9N/c1-2-7-4-5-3-6(1,5)7/h5H,1-4H2. The van der Waals surface area contributed by atoms with E-state index in [1.807, 2.05) is 0 Å². The Morgan fingerprint density at radius 1 is 1.57 bits per heavy atom. The maximum Gasteiger partial charge on any atom is 0.0266 e. The molecule has 2 heterocycles. The molecule has 2 aliphatic heterocycles. The van der Waals surface area contributed by atoms with Gasteiger partial charge in [0.2, 0.25) is 0 Å². The lowest BCUT2D eigenvalue weighted by atomic mass is 9.90. The van der Waals surface area contributed by atoms with E-state index in [4.69, 9.17) is 0 Å². The minimum atomic E-state index is 0.861. The van der Waals surface area contributed by atoms with Crippen molar-refractivity contribution in [1.82, 2.24) is 4.90 Å². The average molecular weight is 95.1 g/mol. The molecule has 2 unspecified atom stereocenters. The molecule has 0 aromatic rings. The first-order valence-corrected chi connectivity index (χ1v) is 3.17. The van der Waals surface area contributed by atoms with Crippen molar-refractivity contribution in [3.8, 4) is 0 Å². The Morgan fingerprint density at radius 2 is 2.57 bits per heavy atom. The molecule has 0 aromatic heterocycles. The Labute approximate surface area is 43.3 Å². The van der Waals surface area contributed by atoms with E-state index in [0.29, 0.717) is 0 Å². The summed E-state index contributed by atoms with van der Waals surface area (Å²) in [5, 5.41) is 0. The van der Waals surface area contributed by atoms with Crippen LogP contribution in [0.15, 0.2) is 0 Å². The maximum absolute atomic E-state index is 2.62. The molecule has 3 aliphatic rings. The first kappa shape index (κ1) is 3.08. The molecule has 2 atom stereocenters. The summed E-state index contributed by atoms with van der Waals surface area (Å²) in [4.78, 5) is 2.62. The quantitative estimate of drug-likeness (QED) is 0.422. The van der Waals surface area contributed by atoms with Crippen molar-refractivity contribution in [2.24, 2.45) is 5.92 Å². The van der Waals surface area contributed by atoms with Crippen molar-refractivity contribution in [2.45, 2.75) is 18.4 Å². The molecule has 1 nitrogen and oxygen atoms in total. The van der Waals surface area contributed by atoms with Crippen LogP contribution in [-0.4, -0.2) is 23.5 Å². The highest BCUT2D eigenvalue weighted by atomic mass is 15.4. The fourth-order valence-electron chi connectivity index (χ4n) is 2.28. The van der Waals surface area contributed by atoms with E-state index in [0.717, 1.165) is 5.54 Å². The van der Waals surface area contributed by atoms with Gasteiger partial charge in [0.1, 0.15) is 0 Å². The van der Waals surface area contributed by atoms with Gasteiger partial charge in [-0.15, -0.1) is 0 Å². The lowest BCUT2D eigenvalue weighted by Gasteiger charge is -2.50. The summed E-state index contributed by atoms with van der Waals surface area (Å²) in [5.41, 5.74) is 0.861. The second kappa shape index (κ2) is 0.576. The van der Waals surface area contributed by atoms with Gasteiger partial charge in [0.25, 0.3) is 0 Å². The Balaban J connectivity index is 2.06. The number of hydrogen-bond donors (Lipinski definition) is 0. The molecule has 1 spiro atoms. The summed E-state index contributed by atoms with van der Waals surface area (Å²) in [6.45, 7) is 2.86. The molecule has 3 fully saturated rings. The highest BCUT2D eigenvalue weighted by molar-refractivity contribution is 5.26. The number of piperidine rings is 1. The van der Waals surface area contributed by atoms with Crippen LogP contribution in [0.4, 0.5) is 0 Å². The Bertz CT molecular complexity index is 126. The molecule has 1 saturated carbocycles. The fourth-order valence-corrected chi connectivity index (χ4v) is 2.28. The van der Waals surface area contributed by atoms with Crippen LogP contribution in [0.1, 0.15) is 12.8 Å². The van der Waals surface area contributed by atoms with E-state index in [9.17, 15) is 0 Å². The van der Waals surface area contributed by atoms with Gasteiger partial charge in [-0.25, -0.2) is 0 Å². The summed E-state index contributed by atoms with van der Waals surface area (Å²) in [7, 11) is 0. The lowest BCUT2D eigenvalue weighted by molar-refractivity contribution is -0.0182. The maximum atomic E-state index is 2.62. The van der Waals surface area contributed by atoms with Crippen molar-refractivity contribution in [3.05, 3.63) is 0 Å². The largest absolute Gasteiger partial charge is 0.297 e. The Hall–Kier alpha value is -0.0400. The van der Waals surface area contributed by atoms with Gasteiger partial charge in [-0.1, -0.05) is 0 Å². The zero-order valence-electron chi connectivity index (χ0n) is 4.35. The number of hydrogen-bond acceptors (Lipinski definition) is 1. The third-order valence-electron chi connectivity index (χ3n) is 3.08. The van der Waals surface area contributed by atoms with Gasteiger partial charge >= 0.3 is 0 Å². The summed E-state index contributed by atoms with van der Waals surface area (Å²) < 4.78 is 0. The Kier molecular flexibility index (Phi) is 0.253. The summed E-state index contributed by atoms with van der Waals surface area (Å²) >= 11 is 0. The first-order valence-electron chi connectivity index (χ1n) is 3.17. The number of rotatable bonds is 0. The van der Waals surface area contributed by atoms with E-state index in [2.05, 4.69) is 4.90 Å². The van der Waals surface area contributed by atoms with Crippen LogP contribution < -0.4 is 0 Å². The molecule has 38 valence electrons. The highest BCUT2D eigenvalue weighted by Crippen LogP contribution is 2.65. The van der Waals surface area contributed by atoms with Crippen LogP contribution in [0.25, 0.3) is 0 Å². The molecule has 0 amide bonds. The van der Waals surface area contributed by atoms with Crippen LogP contribution in [0, 0.1) is 5.92 Å². The van der Waals surface area contributed by atoms with Crippen molar-refractivity contribution in [1.29, 1.82) is 0 Å². The van der Waals surface area contributed by atoms with Gasteiger partial charge < -0.3 is 0 Å². The van der Waals surface area contributed by atoms with E-state index < -0.39 is 0 Å². The van der Waals surface area contributed by atoms with Crippen molar-refractivity contribution in [3.63, 3.8) is 0 Å². The van der Waals surface area contributed by atoms with E-state index in [1.54, 1.807) is 6.42 Å². The lowest BCUT2D eigenvalue weighted by Crippen LogP contribution is -2.60. The van der Waals surface area contributed by atoms with Gasteiger partial charge in [0.15, 0.2) is 0 Å². The van der Waals surface area contributed by atoms with Gasteiger partial charge in [0.05, 0.1) is 0 Å². The molecule has 3 rings (SSSR count). The van der Waals surface area contributed by atoms with Gasteiger partial charge in [-0.3, -0.25) is 4.90 Å². The minimum Gasteiger partial charge on any atom is -0.297 e. The van der Waals surface area contributed by atoms with E-state index >= 15 is 0 Å². The molecule has 1 aliphatic carbocycles. The van der Waals surface area contributed by atoms with E-state index in [-0.39, 0.29) is 0 Å². The smallest absolute Gasteiger partial charge is 0.0266 e. The van der Waals surface area contributed by atoms with Crippen molar-refractivity contribution < 1.29 is 0 Å². The average Bonchev–Trinajstić information content (AvgIpc) is 2.32. The molecule has 0 bridgehead atoms. The summed E-state index contributed by atoms with van der Waals surface area (Å²) in [5.74, 6) is 1.17. The third-order valence-corrected chi connectivity index (χ3v) is 3.08. The predicted octanol–water partition coefficient (Wildman–Crippen LogP) is 0.464. The van der Waals surface area contributed by atoms with Crippen molar-refractivity contribution in [2.75, 3.05) is 13.1 Å². The molecule has 0 N–H and O–H groups in total. The summed E-state index contributed by atoms with van der Waals surface area (Å²) in [6, 6.07) is 0. The third kappa shape index (κ3) is 0.150. The van der Waals surface area contributed by atoms with Crippen LogP contribution in [0.5, 0.6) is 0 Å². The second-order valence-electron chi connectivity index (χ2n) is 3.20. The zero-order valence-corrected chi connectivity index (χ0v) is 4.35. The van der Waals surface area contributed by atoms with Gasteiger partial charge in [-0.05, 0) is 18.8 Å². The van der Waals surface area contributed by atoms with Gasteiger partial charge in [-0.2, -0.15) is 0 Å². The number of nitrogens with zero attached hydrogens (tertiary/aromatic N) is 1. The summed E-state index contributed by atoms with van der Waals surface area (Å²) in [6.07, 6.45) is 3.07. The molecule has 2 saturated heterocycles. The molecule has 7 heavy (non-hydrogen) atoms. The predicted molar refractivity (Wildman–Crippen MR) is 27.0 cm³/mol. The van der Waals surface area contributed by atoms with Gasteiger partial charge in [0, 0.05) is 18.6 Å².